The van der Waals surface area contributed by atoms with Gasteiger partial charge in [-0.3, -0.25) is 0 Å². The number of halogens is 1. The molecule has 90 valence electrons. The Balaban J connectivity index is 2.39. The van der Waals surface area contributed by atoms with E-state index in [0.717, 1.165) is 22.5 Å². The first-order valence-corrected chi connectivity index (χ1v) is 7.20. The van der Waals surface area contributed by atoms with E-state index in [-0.39, 0.29) is 6.04 Å². The van der Waals surface area contributed by atoms with Gasteiger partial charge in [0, 0.05) is 16.0 Å². The zero-order valence-corrected chi connectivity index (χ0v) is 12.2. The Kier molecular flexibility index (Phi) is 4.25. The maximum absolute atomic E-state index is 4.50. The van der Waals surface area contributed by atoms with Gasteiger partial charge in [-0.25, -0.2) is 9.97 Å². The van der Waals surface area contributed by atoms with Gasteiger partial charge in [-0.05, 0) is 46.4 Å². The van der Waals surface area contributed by atoms with Crippen molar-refractivity contribution in [1.82, 2.24) is 15.3 Å². The maximum Gasteiger partial charge on any atom is 0.125 e. The molecule has 0 aromatic carbocycles. The number of aromatic nitrogens is 2. The number of nitrogens with zero attached hydrogens (tertiary/aromatic N) is 2. The van der Waals surface area contributed by atoms with E-state index in [1.54, 1.807) is 11.3 Å². The Morgan fingerprint density at radius 2 is 2.29 bits per heavy atom. The molecular formula is C12H14BrN3S. The Bertz CT molecular complexity index is 498. The van der Waals surface area contributed by atoms with Crippen molar-refractivity contribution in [3.8, 4) is 0 Å². The summed E-state index contributed by atoms with van der Waals surface area (Å²) in [5.74, 6) is 0.803. The highest BCUT2D eigenvalue weighted by Gasteiger charge is 2.17. The average molecular weight is 312 g/mol. The van der Waals surface area contributed by atoms with E-state index in [1.807, 2.05) is 19.2 Å². The van der Waals surface area contributed by atoms with Gasteiger partial charge in [0.25, 0.3) is 0 Å². The van der Waals surface area contributed by atoms with Gasteiger partial charge in [-0.15, -0.1) is 0 Å². The SMILES string of the molecule is CCNC(c1ccnc(C)n1)c1cscc1Br. The van der Waals surface area contributed by atoms with Crippen molar-refractivity contribution in [2.45, 2.75) is 19.9 Å². The Morgan fingerprint density at radius 1 is 1.47 bits per heavy atom. The Labute approximate surface area is 113 Å². The third-order valence-electron chi connectivity index (χ3n) is 2.45. The molecule has 0 fully saturated rings. The summed E-state index contributed by atoms with van der Waals surface area (Å²) in [7, 11) is 0. The summed E-state index contributed by atoms with van der Waals surface area (Å²) in [4.78, 5) is 8.64. The van der Waals surface area contributed by atoms with Crippen molar-refractivity contribution in [3.05, 3.63) is 44.6 Å². The molecule has 0 radical (unpaired) electrons. The highest BCUT2D eigenvalue weighted by Crippen LogP contribution is 2.30. The number of nitrogens with one attached hydrogen (secondary N) is 1. The summed E-state index contributed by atoms with van der Waals surface area (Å²) < 4.78 is 1.13. The van der Waals surface area contributed by atoms with Crippen LogP contribution in [0.5, 0.6) is 0 Å². The van der Waals surface area contributed by atoms with Gasteiger partial charge in [0.1, 0.15) is 5.82 Å². The Hall–Kier alpha value is -0.780. The molecule has 0 saturated heterocycles. The molecule has 17 heavy (non-hydrogen) atoms. The van der Waals surface area contributed by atoms with Gasteiger partial charge in [0.05, 0.1) is 11.7 Å². The first kappa shape index (κ1) is 12.7. The van der Waals surface area contributed by atoms with Crippen LogP contribution in [0.4, 0.5) is 0 Å². The highest BCUT2D eigenvalue weighted by molar-refractivity contribution is 9.10. The minimum absolute atomic E-state index is 0.127. The molecule has 1 atom stereocenters. The number of aryl methyl sites for hydroxylation is 1. The average Bonchev–Trinajstić information content (AvgIpc) is 2.72. The molecule has 0 aliphatic rings. The van der Waals surface area contributed by atoms with Crippen LogP contribution in [0.3, 0.4) is 0 Å². The van der Waals surface area contributed by atoms with E-state index >= 15 is 0 Å². The molecule has 5 heteroatoms. The quantitative estimate of drug-likeness (QED) is 0.941. The van der Waals surface area contributed by atoms with Crippen molar-refractivity contribution < 1.29 is 0 Å². The van der Waals surface area contributed by atoms with Crippen LogP contribution in [0.2, 0.25) is 0 Å². The second kappa shape index (κ2) is 5.71. The van der Waals surface area contributed by atoms with Crippen LogP contribution < -0.4 is 5.32 Å². The standard InChI is InChI=1S/C12H14BrN3S/c1-3-14-12(9-6-17-7-10(9)13)11-4-5-15-8(2)16-11/h4-7,12,14H,3H2,1-2H3. The van der Waals surface area contributed by atoms with E-state index in [1.165, 1.54) is 5.56 Å². The zero-order chi connectivity index (χ0) is 12.3. The van der Waals surface area contributed by atoms with Gasteiger partial charge >= 0.3 is 0 Å². The lowest BCUT2D eigenvalue weighted by molar-refractivity contribution is 0.611. The third-order valence-corrected chi connectivity index (χ3v) is 4.21. The van der Waals surface area contributed by atoms with Crippen LogP contribution in [0.25, 0.3) is 0 Å². The van der Waals surface area contributed by atoms with Gasteiger partial charge < -0.3 is 5.32 Å². The lowest BCUT2D eigenvalue weighted by atomic mass is 10.1. The second-order valence-electron chi connectivity index (χ2n) is 3.69. The van der Waals surface area contributed by atoms with Gasteiger partial charge in [-0.2, -0.15) is 11.3 Å². The second-order valence-corrected chi connectivity index (χ2v) is 5.29. The first-order chi connectivity index (χ1) is 8.22. The van der Waals surface area contributed by atoms with Crippen LogP contribution in [0.1, 0.15) is 30.0 Å². The molecule has 0 aliphatic carbocycles. The third kappa shape index (κ3) is 2.91. The summed E-state index contributed by atoms with van der Waals surface area (Å²) in [6, 6.07) is 2.09. The molecule has 2 rings (SSSR count). The van der Waals surface area contributed by atoms with Gasteiger partial charge in [-0.1, -0.05) is 6.92 Å². The fourth-order valence-corrected chi connectivity index (χ4v) is 3.26. The highest BCUT2D eigenvalue weighted by atomic mass is 79.9. The summed E-state index contributed by atoms with van der Waals surface area (Å²) >= 11 is 5.27. The van der Waals surface area contributed by atoms with Crippen molar-refractivity contribution in [1.29, 1.82) is 0 Å². The Morgan fingerprint density at radius 3 is 2.88 bits per heavy atom. The lowest BCUT2D eigenvalue weighted by Gasteiger charge is -2.17. The molecule has 3 nitrogen and oxygen atoms in total. The zero-order valence-electron chi connectivity index (χ0n) is 9.77. The van der Waals surface area contributed by atoms with Crippen LogP contribution in [-0.4, -0.2) is 16.5 Å². The molecule has 0 saturated carbocycles. The molecule has 0 amide bonds. The topological polar surface area (TPSA) is 37.8 Å². The molecular weight excluding hydrogens is 298 g/mol. The van der Waals surface area contributed by atoms with Gasteiger partial charge in [0.15, 0.2) is 0 Å². The molecule has 2 heterocycles. The van der Waals surface area contributed by atoms with Crippen LogP contribution in [0, 0.1) is 6.92 Å². The van der Waals surface area contributed by atoms with Gasteiger partial charge in [0.2, 0.25) is 0 Å². The number of rotatable bonds is 4. The summed E-state index contributed by atoms with van der Waals surface area (Å²) in [5.41, 5.74) is 2.24. The minimum atomic E-state index is 0.127. The van der Waals surface area contributed by atoms with Crippen LogP contribution >= 0.6 is 27.3 Å². The summed E-state index contributed by atoms with van der Waals surface area (Å²) in [6.45, 7) is 4.91. The molecule has 0 aliphatic heterocycles. The first-order valence-electron chi connectivity index (χ1n) is 5.47. The predicted molar refractivity (Wildman–Crippen MR) is 74.3 cm³/mol. The smallest absolute Gasteiger partial charge is 0.125 e. The van der Waals surface area contributed by atoms with Crippen LogP contribution in [0.15, 0.2) is 27.5 Å². The predicted octanol–water partition coefficient (Wildman–Crippen LogP) is 3.31. The van der Waals surface area contributed by atoms with Crippen molar-refractivity contribution in [3.63, 3.8) is 0 Å². The normalized spacial score (nSPS) is 12.6. The number of thiophene rings is 1. The van der Waals surface area contributed by atoms with Crippen molar-refractivity contribution >= 4 is 27.3 Å². The fraction of sp³-hybridized carbons (Fsp3) is 0.333. The largest absolute Gasteiger partial charge is 0.305 e. The molecule has 1 unspecified atom stereocenters. The molecule has 0 bridgehead atoms. The van der Waals surface area contributed by atoms with E-state index in [4.69, 9.17) is 0 Å². The summed E-state index contributed by atoms with van der Waals surface area (Å²) in [6.07, 6.45) is 1.81. The van der Waals surface area contributed by atoms with E-state index in [2.05, 4.69) is 48.9 Å². The maximum atomic E-state index is 4.50. The lowest BCUT2D eigenvalue weighted by Crippen LogP contribution is -2.23. The van der Waals surface area contributed by atoms with Crippen molar-refractivity contribution in [2.24, 2.45) is 0 Å². The monoisotopic (exact) mass is 311 g/mol. The number of hydrogen-bond acceptors (Lipinski definition) is 4. The minimum Gasteiger partial charge on any atom is -0.305 e. The van der Waals surface area contributed by atoms with Crippen molar-refractivity contribution in [2.75, 3.05) is 6.54 Å². The fourth-order valence-electron chi connectivity index (χ4n) is 1.71. The van der Waals surface area contributed by atoms with E-state index in [9.17, 15) is 0 Å². The molecule has 0 spiro atoms. The molecule has 2 aromatic rings. The summed E-state index contributed by atoms with van der Waals surface area (Å²) in [5, 5.41) is 7.69. The molecule has 1 N–H and O–H groups in total. The van der Waals surface area contributed by atoms with E-state index in [0.29, 0.717) is 0 Å². The van der Waals surface area contributed by atoms with E-state index < -0.39 is 0 Å². The van der Waals surface area contributed by atoms with Crippen LogP contribution in [-0.2, 0) is 0 Å². The number of hydrogen-bond donors (Lipinski definition) is 1. The molecule has 2 aromatic heterocycles.